The Morgan fingerprint density at radius 2 is 2.07 bits per heavy atom. The van der Waals surface area contributed by atoms with Crippen molar-refractivity contribution in [3.05, 3.63) is 63.4 Å². The lowest BCUT2D eigenvalue weighted by Crippen LogP contribution is -2.34. The Morgan fingerprint density at radius 3 is 2.66 bits per heavy atom. The highest BCUT2D eigenvalue weighted by molar-refractivity contribution is 9.10. The van der Waals surface area contributed by atoms with Gasteiger partial charge in [0.05, 0.1) is 12.3 Å². The van der Waals surface area contributed by atoms with Crippen molar-refractivity contribution in [2.45, 2.75) is 18.8 Å². The zero-order valence-corrected chi connectivity index (χ0v) is 18.0. The highest BCUT2D eigenvalue weighted by atomic mass is 79.9. The normalized spacial score (nSPS) is 14.8. The van der Waals surface area contributed by atoms with Crippen molar-refractivity contribution in [2.24, 2.45) is 7.05 Å². The minimum absolute atomic E-state index is 0.314. The molecule has 1 saturated heterocycles. The van der Waals surface area contributed by atoms with E-state index in [-0.39, 0.29) is 0 Å². The van der Waals surface area contributed by atoms with Crippen LogP contribution in [0.15, 0.2) is 35.2 Å². The molecule has 9 heteroatoms. The molecule has 1 fully saturated rings. The second-order valence-corrected chi connectivity index (χ2v) is 8.22. The van der Waals surface area contributed by atoms with E-state index in [0.717, 1.165) is 37.4 Å². The van der Waals surface area contributed by atoms with Crippen molar-refractivity contribution in [3.8, 4) is 11.1 Å². The predicted molar refractivity (Wildman–Crippen MR) is 114 cm³/mol. The van der Waals surface area contributed by atoms with Crippen molar-refractivity contribution in [1.29, 1.82) is 0 Å². The fraction of sp³-hybridized carbons (Fsp3) is 0.300. The summed E-state index contributed by atoms with van der Waals surface area (Å²) in [6, 6.07) is 4.65. The van der Waals surface area contributed by atoms with Crippen LogP contribution in [-0.4, -0.2) is 32.8 Å². The molecule has 3 aromatic rings. The minimum atomic E-state index is -0.557. The molecule has 0 N–H and O–H groups in total. The molecule has 1 aliphatic rings. The summed E-state index contributed by atoms with van der Waals surface area (Å²) in [6.45, 7) is 9.21. The van der Waals surface area contributed by atoms with Gasteiger partial charge in [0.1, 0.15) is 12.2 Å². The van der Waals surface area contributed by atoms with Crippen LogP contribution in [-0.2, 0) is 7.05 Å². The molecule has 0 atom stereocenters. The molecule has 2 aromatic heterocycles. The Balaban J connectivity index is 1.74. The lowest BCUT2D eigenvalue weighted by atomic mass is 9.94. The van der Waals surface area contributed by atoms with Crippen molar-refractivity contribution in [2.75, 3.05) is 18.0 Å². The topological polar surface area (TPSA) is 51.2 Å². The fourth-order valence-corrected chi connectivity index (χ4v) is 4.78. The molecule has 1 aliphatic heterocycles. The quantitative estimate of drug-likeness (QED) is 0.378. The monoisotopic (exact) mass is 474 g/mol. The van der Waals surface area contributed by atoms with Gasteiger partial charge in [-0.1, -0.05) is 27.5 Å². The zero-order valence-electron chi connectivity index (χ0n) is 15.6. The molecular formula is C20H17BrClFN6. The molecule has 0 radical (unpaired) electrons. The van der Waals surface area contributed by atoms with E-state index in [2.05, 4.69) is 40.9 Å². The first-order valence-corrected chi connectivity index (χ1v) is 10.3. The first kappa shape index (κ1) is 19.8. The van der Waals surface area contributed by atoms with Crippen molar-refractivity contribution in [3.63, 3.8) is 0 Å². The summed E-state index contributed by atoms with van der Waals surface area (Å²) in [5, 5.41) is 8.72. The zero-order chi connectivity index (χ0) is 20.5. The number of hydrogen-bond donors (Lipinski definition) is 0. The van der Waals surface area contributed by atoms with E-state index in [0.29, 0.717) is 32.2 Å². The van der Waals surface area contributed by atoms with Crippen LogP contribution in [0.4, 0.5) is 15.8 Å². The second-order valence-electron chi connectivity index (χ2n) is 6.96. The largest absolute Gasteiger partial charge is 0.380 e. The van der Waals surface area contributed by atoms with Crippen LogP contribution in [0, 0.1) is 12.5 Å². The van der Waals surface area contributed by atoms with Crippen LogP contribution in [0.5, 0.6) is 0 Å². The molecule has 0 spiro atoms. The smallest absolute Gasteiger partial charge is 0.224 e. The molecule has 4 rings (SSSR count). The molecule has 148 valence electrons. The maximum absolute atomic E-state index is 13.4. The summed E-state index contributed by atoms with van der Waals surface area (Å²) in [6.07, 6.45) is 4.94. The highest BCUT2D eigenvalue weighted by Gasteiger charge is 2.29. The van der Waals surface area contributed by atoms with Gasteiger partial charge in [-0.05, 0) is 31.0 Å². The van der Waals surface area contributed by atoms with Gasteiger partial charge in [-0.25, -0.2) is 9.83 Å². The van der Waals surface area contributed by atoms with Crippen LogP contribution >= 0.6 is 27.5 Å². The van der Waals surface area contributed by atoms with Crippen LogP contribution in [0.3, 0.4) is 0 Å². The number of aromatic nitrogens is 4. The van der Waals surface area contributed by atoms with Crippen molar-refractivity contribution >= 4 is 38.9 Å². The summed E-state index contributed by atoms with van der Waals surface area (Å²) >= 11 is 10.1. The maximum atomic E-state index is 13.4. The summed E-state index contributed by atoms with van der Waals surface area (Å²) in [5.74, 6) is 0.734. The summed E-state index contributed by atoms with van der Waals surface area (Å²) in [7, 11) is 1.95. The molecule has 0 amide bonds. The molecule has 1 aromatic carbocycles. The van der Waals surface area contributed by atoms with E-state index in [1.165, 1.54) is 12.3 Å². The Bertz CT molecular complexity index is 1080. The van der Waals surface area contributed by atoms with Crippen molar-refractivity contribution in [1.82, 2.24) is 19.7 Å². The lowest BCUT2D eigenvalue weighted by Gasteiger charge is -2.35. The molecule has 0 aliphatic carbocycles. The minimum Gasteiger partial charge on any atom is -0.380 e. The summed E-state index contributed by atoms with van der Waals surface area (Å²) in [5.41, 5.74) is 2.62. The van der Waals surface area contributed by atoms with Gasteiger partial charge in [-0.15, -0.1) is 10.2 Å². The fourth-order valence-electron chi connectivity index (χ4n) is 3.83. The Morgan fingerprint density at radius 1 is 1.31 bits per heavy atom. The third-order valence-corrected chi connectivity index (χ3v) is 6.13. The van der Waals surface area contributed by atoms with Crippen LogP contribution in [0.1, 0.15) is 24.6 Å². The number of halogens is 3. The number of rotatable bonds is 3. The van der Waals surface area contributed by atoms with Gasteiger partial charge < -0.3 is 9.47 Å². The van der Waals surface area contributed by atoms with Gasteiger partial charge in [-0.2, -0.15) is 4.39 Å². The Labute approximate surface area is 181 Å². The number of nitrogens with zero attached hydrogens (tertiary/aromatic N) is 6. The third-order valence-electron chi connectivity index (χ3n) is 5.23. The van der Waals surface area contributed by atoms with Gasteiger partial charge in [0.15, 0.2) is 0 Å². The molecule has 0 saturated carbocycles. The Hall–Kier alpha value is -2.50. The van der Waals surface area contributed by atoms with E-state index in [4.69, 9.17) is 18.2 Å². The number of hydrogen-bond acceptors (Lipinski definition) is 4. The average Bonchev–Trinajstić information content (AvgIpc) is 3.14. The van der Waals surface area contributed by atoms with Gasteiger partial charge in [0.25, 0.3) is 0 Å². The molecule has 0 unspecified atom stereocenters. The number of anilines is 1. The SMILES string of the molecule is [C-]#[N+]c1c(Br)cc(Cl)c(-c2ccc(F)nc2)c1N1CCC(c2nncn2C)CC1. The third kappa shape index (κ3) is 3.72. The second kappa shape index (κ2) is 8.09. The van der Waals surface area contributed by atoms with E-state index < -0.39 is 5.95 Å². The van der Waals surface area contributed by atoms with E-state index in [1.807, 2.05) is 11.6 Å². The number of pyridine rings is 1. The number of benzene rings is 1. The number of aryl methyl sites for hydroxylation is 1. The Kier molecular flexibility index (Phi) is 5.52. The van der Waals surface area contributed by atoms with E-state index in [1.54, 1.807) is 18.5 Å². The van der Waals surface area contributed by atoms with Gasteiger partial charge in [0, 0.05) is 52.9 Å². The summed E-state index contributed by atoms with van der Waals surface area (Å²) in [4.78, 5) is 9.70. The van der Waals surface area contributed by atoms with Gasteiger partial charge >= 0.3 is 0 Å². The van der Waals surface area contributed by atoms with Crippen LogP contribution < -0.4 is 4.90 Å². The first-order valence-electron chi connectivity index (χ1n) is 9.09. The van der Waals surface area contributed by atoms with Crippen molar-refractivity contribution < 1.29 is 4.39 Å². The molecular weight excluding hydrogens is 459 g/mol. The predicted octanol–water partition coefficient (Wildman–Crippen LogP) is 5.37. The van der Waals surface area contributed by atoms with Gasteiger partial charge in [0.2, 0.25) is 11.6 Å². The summed E-state index contributed by atoms with van der Waals surface area (Å²) < 4.78 is 15.9. The molecule has 29 heavy (non-hydrogen) atoms. The van der Waals surface area contributed by atoms with Crippen LogP contribution in [0.2, 0.25) is 5.02 Å². The first-order chi connectivity index (χ1) is 14.0. The molecule has 3 heterocycles. The highest BCUT2D eigenvalue weighted by Crippen LogP contribution is 2.48. The number of piperidine rings is 1. The molecule has 0 bridgehead atoms. The standard InChI is InChI=1S/C20H17BrClFN6/c1-24-18-14(21)9-15(22)17(13-3-4-16(23)25-10-13)19(18)29-7-5-12(6-8-29)20-27-26-11-28(20)2/h3-4,9-12H,5-8H2,2H3. The average molecular weight is 476 g/mol. The van der Waals surface area contributed by atoms with Crippen LogP contribution in [0.25, 0.3) is 16.0 Å². The maximum Gasteiger partial charge on any atom is 0.224 e. The molecule has 6 nitrogen and oxygen atoms in total. The lowest BCUT2D eigenvalue weighted by molar-refractivity contribution is 0.474. The van der Waals surface area contributed by atoms with E-state index >= 15 is 0 Å². The van der Waals surface area contributed by atoms with Gasteiger partial charge in [-0.3, -0.25) is 0 Å². The van der Waals surface area contributed by atoms with E-state index in [9.17, 15) is 4.39 Å².